The summed E-state index contributed by atoms with van der Waals surface area (Å²) in [5.74, 6) is 0.909. The minimum Gasteiger partial charge on any atom is -0.497 e. The first-order chi connectivity index (χ1) is 8.20. The summed E-state index contributed by atoms with van der Waals surface area (Å²) in [6.07, 6.45) is 1.00. The smallest absolute Gasteiger partial charge is 0.118 e. The van der Waals surface area contributed by atoms with Crippen molar-refractivity contribution < 1.29 is 4.74 Å². The van der Waals surface area contributed by atoms with Gasteiger partial charge in [0.15, 0.2) is 0 Å². The van der Waals surface area contributed by atoms with Crippen LogP contribution in [-0.4, -0.2) is 7.11 Å². The molecule has 0 N–H and O–H groups in total. The van der Waals surface area contributed by atoms with E-state index >= 15 is 0 Å². The SMILES string of the molecule is COc1ccc(CC(Br)c2cscc2C)cc1. The number of methoxy groups -OCH3 is 1. The van der Waals surface area contributed by atoms with E-state index in [1.54, 1.807) is 18.4 Å². The van der Waals surface area contributed by atoms with E-state index in [9.17, 15) is 0 Å². The zero-order chi connectivity index (χ0) is 12.3. The van der Waals surface area contributed by atoms with Gasteiger partial charge in [-0.1, -0.05) is 28.1 Å². The van der Waals surface area contributed by atoms with Crippen LogP contribution in [0.2, 0.25) is 0 Å². The largest absolute Gasteiger partial charge is 0.497 e. The molecule has 1 aromatic carbocycles. The molecule has 0 radical (unpaired) electrons. The van der Waals surface area contributed by atoms with Crippen molar-refractivity contribution in [2.75, 3.05) is 7.11 Å². The summed E-state index contributed by atoms with van der Waals surface area (Å²) in [6, 6.07) is 8.26. The molecule has 17 heavy (non-hydrogen) atoms. The Labute approximate surface area is 115 Å². The Morgan fingerprint density at radius 2 is 1.94 bits per heavy atom. The first-order valence-electron chi connectivity index (χ1n) is 5.50. The Hall–Kier alpha value is -0.800. The number of rotatable bonds is 4. The minimum absolute atomic E-state index is 0.391. The zero-order valence-electron chi connectivity index (χ0n) is 9.94. The molecular weight excluding hydrogens is 296 g/mol. The van der Waals surface area contributed by atoms with Crippen LogP contribution in [-0.2, 0) is 6.42 Å². The van der Waals surface area contributed by atoms with Gasteiger partial charge in [-0.3, -0.25) is 0 Å². The molecule has 2 aromatic rings. The van der Waals surface area contributed by atoms with Crippen molar-refractivity contribution in [2.24, 2.45) is 0 Å². The topological polar surface area (TPSA) is 9.23 Å². The lowest BCUT2D eigenvalue weighted by atomic mass is 10.0. The molecule has 3 heteroatoms. The molecule has 1 unspecified atom stereocenters. The van der Waals surface area contributed by atoms with Crippen molar-refractivity contribution in [3.63, 3.8) is 0 Å². The van der Waals surface area contributed by atoms with Crippen LogP contribution < -0.4 is 4.74 Å². The minimum atomic E-state index is 0.391. The quantitative estimate of drug-likeness (QED) is 0.741. The molecule has 1 heterocycles. The summed E-state index contributed by atoms with van der Waals surface area (Å²) in [4.78, 5) is 0.391. The average Bonchev–Trinajstić information content (AvgIpc) is 2.76. The Morgan fingerprint density at radius 1 is 1.24 bits per heavy atom. The van der Waals surface area contributed by atoms with Gasteiger partial charge >= 0.3 is 0 Å². The Bertz CT molecular complexity index is 475. The maximum atomic E-state index is 5.16. The molecule has 0 saturated carbocycles. The maximum absolute atomic E-state index is 5.16. The van der Waals surface area contributed by atoms with Gasteiger partial charge in [-0.15, -0.1) is 0 Å². The zero-order valence-corrected chi connectivity index (χ0v) is 12.3. The molecule has 1 aromatic heterocycles. The molecule has 90 valence electrons. The summed E-state index contributed by atoms with van der Waals surface area (Å²) < 4.78 is 5.16. The highest BCUT2D eigenvalue weighted by molar-refractivity contribution is 9.09. The van der Waals surface area contributed by atoms with Crippen molar-refractivity contribution >= 4 is 27.3 Å². The van der Waals surface area contributed by atoms with Crippen molar-refractivity contribution in [1.82, 2.24) is 0 Å². The lowest BCUT2D eigenvalue weighted by Crippen LogP contribution is -1.95. The molecule has 0 spiro atoms. The molecule has 0 aliphatic carbocycles. The standard InChI is InChI=1S/C14H15BrOS/c1-10-8-17-9-13(10)14(15)7-11-3-5-12(16-2)6-4-11/h3-6,8-9,14H,7H2,1-2H3. The first-order valence-corrected chi connectivity index (χ1v) is 7.36. The number of alkyl halides is 1. The van der Waals surface area contributed by atoms with Gasteiger partial charge in [-0.2, -0.15) is 11.3 Å². The van der Waals surface area contributed by atoms with Crippen molar-refractivity contribution in [1.29, 1.82) is 0 Å². The number of ether oxygens (including phenoxy) is 1. The van der Waals surface area contributed by atoms with E-state index in [1.807, 2.05) is 12.1 Å². The monoisotopic (exact) mass is 310 g/mol. The Morgan fingerprint density at radius 3 is 2.47 bits per heavy atom. The van der Waals surface area contributed by atoms with E-state index in [-0.39, 0.29) is 0 Å². The summed E-state index contributed by atoms with van der Waals surface area (Å²) in [7, 11) is 1.69. The fourth-order valence-electron chi connectivity index (χ4n) is 1.77. The van der Waals surface area contributed by atoms with Gasteiger partial charge in [0.2, 0.25) is 0 Å². The van der Waals surface area contributed by atoms with Crippen LogP contribution in [0.4, 0.5) is 0 Å². The molecular formula is C14H15BrOS. The van der Waals surface area contributed by atoms with Gasteiger partial charge in [-0.05, 0) is 52.9 Å². The summed E-state index contributed by atoms with van der Waals surface area (Å²) in [5, 5.41) is 4.41. The summed E-state index contributed by atoms with van der Waals surface area (Å²) in [6.45, 7) is 2.16. The highest BCUT2D eigenvalue weighted by Crippen LogP contribution is 2.31. The lowest BCUT2D eigenvalue weighted by molar-refractivity contribution is 0.414. The van der Waals surface area contributed by atoms with Crippen LogP contribution >= 0.6 is 27.3 Å². The number of hydrogen-bond donors (Lipinski definition) is 0. The number of aryl methyl sites for hydroxylation is 1. The number of benzene rings is 1. The second kappa shape index (κ2) is 5.69. The first kappa shape index (κ1) is 12.7. The molecule has 2 rings (SSSR count). The summed E-state index contributed by atoms with van der Waals surface area (Å²) >= 11 is 5.52. The summed E-state index contributed by atoms with van der Waals surface area (Å²) in [5.41, 5.74) is 4.08. The molecule has 0 amide bonds. The molecule has 0 saturated heterocycles. The average molecular weight is 311 g/mol. The van der Waals surface area contributed by atoms with E-state index in [4.69, 9.17) is 4.74 Å². The molecule has 0 fully saturated rings. The van der Waals surface area contributed by atoms with E-state index in [0.29, 0.717) is 4.83 Å². The predicted octanol–water partition coefficient (Wildman–Crippen LogP) is 4.74. The van der Waals surface area contributed by atoms with Gasteiger partial charge < -0.3 is 4.74 Å². The fraction of sp³-hybridized carbons (Fsp3) is 0.286. The van der Waals surface area contributed by atoms with Crippen molar-refractivity contribution in [3.8, 4) is 5.75 Å². The molecule has 1 atom stereocenters. The number of hydrogen-bond acceptors (Lipinski definition) is 2. The second-order valence-electron chi connectivity index (χ2n) is 4.03. The molecule has 0 bridgehead atoms. The van der Waals surface area contributed by atoms with Gasteiger partial charge in [0.1, 0.15) is 5.75 Å². The number of halogens is 1. The molecule has 0 aliphatic heterocycles. The lowest BCUT2D eigenvalue weighted by Gasteiger charge is -2.10. The Kier molecular flexibility index (Phi) is 4.24. The van der Waals surface area contributed by atoms with Crippen LogP contribution in [0.3, 0.4) is 0 Å². The van der Waals surface area contributed by atoms with Crippen LogP contribution in [0, 0.1) is 6.92 Å². The van der Waals surface area contributed by atoms with E-state index in [0.717, 1.165) is 12.2 Å². The predicted molar refractivity (Wildman–Crippen MR) is 77.4 cm³/mol. The molecule has 0 aliphatic rings. The third kappa shape index (κ3) is 3.11. The van der Waals surface area contributed by atoms with Crippen molar-refractivity contribution in [2.45, 2.75) is 18.2 Å². The van der Waals surface area contributed by atoms with Crippen LogP contribution in [0.15, 0.2) is 35.0 Å². The van der Waals surface area contributed by atoms with E-state index in [2.05, 4.69) is 45.7 Å². The normalized spacial score (nSPS) is 12.4. The van der Waals surface area contributed by atoms with Gasteiger partial charge in [-0.25, -0.2) is 0 Å². The number of thiophene rings is 1. The highest BCUT2D eigenvalue weighted by atomic mass is 79.9. The Balaban J connectivity index is 2.07. The third-order valence-corrected chi connectivity index (χ3v) is 4.50. The fourth-order valence-corrected chi connectivity index (χ4v) is 3.72. The highest BCUT2D eigenvalue weighted by Gasteiger charge is 2.11. The van der Waals surface area contributed by atoms with Gasteiger partial charge in [0.05, 0.1) is 7.11 Å². The van der Waals surface area contributed by atoms with Gasteiger partial charge in [0, 0.05) is 4.83 Å². The van der Waals surface area contributed by atoms with Crippen LogP contribution in [0.1, 0.15) is 21.5 Å². The van der Waals surface area contributed by atoms with Crippen LogP contribution in [0.25, 0.3) is 0 Å². The van der Waals surface area contributed by atoms with E-state index in [1.165, 1.54) is 16.7 Å². The van der Waals surface area contributed by atoms with Gasteiger partial charge in [0.25, 0.3) is 0 Å². The molecule has 1 nitrogen and oxygen atoms in total. The van der Waals surface area contributed by atoms with E-state index < -0.39 is 0 Å². The second-order valence-corrected chi connectivity index (χ2v) is 5.88. The third-order valence-electron chi connectivity index (χ3n) is 2.81. The maximum Gasteiger partial charge on any atom is 0.118 e. The van der Waals surface area contributed by atoms with Crippen LogP contribution in [0.5, 0.6) is 5.75 Å². The van der Waals surface area contributed by atoms with Crippen molar-refractivity contribution in [3.05, 3.63) is 51.7 Å².